The first-order valence-electron chi connectivity index (χ1n) is 7.25. The van der Waals surface area contributed by atoms with Gasteiger partial charge in [0, 0.05) is 41.0 Å². The van der Waals surface area contributed by atoms with E-state index in [1.807, 2.05) is 35.7 Å². The smallest absolute Gasteiger partial charge is 0.226 e. The lowest BCUT2D eigenvalue weighted by atomic mass is 10.3. The summed E-state index contributed by atoms with van der Waals surface area (Å²) >= 11 is 5.07. The van der Waals surface area contributed by atoms with Crippen LogP contribution >= 0.6 is 51.2 Å². The minimum Gasteiger partial charge on any atom is -0.370 e. The van der Waals surface area contributed by atoms with Gasteiger partial charge in [-0.1, -0.05) is 22.0 Å². The van der Waals surface area contributed by atoms with Gasteiger partial charge in [-0.2, -0.15) is 0 Å². The summed E-state index contributed by atoms with van der Waals surface area (Å²) in [4.78, 5) is 17.3. The molecule has 0 aliphatic carbocycles. The molecule has 0 radical (unpaired) electrons. The summed E-state index contributed by atoms with van der Waals surface area (Å²) in [5.41, 5.74) is 6.55. The number of hydrogen-bond donors (Lipinski definition) is 3. The number of nitrogens with one attached hydrogen (secondary N) is 2. The summed E-state index contributed by atoms with van der Waals surface area (Å²) in [6, 6.07) is 11.6. The van der Waals surface area contributed by atoms with E-state index >= 15 is 0 Å². The molecule has 2 aromatic rings. The molecule has 0 spiro atoms. The first-order valence-corrected chi connectivity index (χ1v) is 8.92. The van der Waals surface area contributed by atoms with Crippen LogP contribution in [0, 0.1) is 0 Å². The topological polar surface area (TPSA) is 79.5 Å². The maximum absolute atomic E-state index is 11.8. The minimum absolute atomic E-state index is 0. The van der Waals surface area contributed by atoms with Gasteiger partial charge in [-0.3, -0.25) is 9.79 Å². The number of rotatable bonds is 7. The molecule has 0 bridgehead atoms. The van der Waals surface area contributed by atoms with E-state index < -0.39 is 0 Å². The third kappa shape index (κ3) is 8.11. The Kier molecular flexibility index (Phi) is 9.96. The maximum Gasteiger partial charge on any atom is 0.226 e. The van der Waals surface area contributed by atoms with Crippen molar-refractivity contribution in [3.8, 4) is 0 Å². The molecule has 0 saturated heterocycles. The molecular formula is C16H20BrIN4OS. The van der Waals surface area contributed by atoms with E-state index in [-0.39, 0.29) is 29.9 Å². The zero-order chi connectivity index (χ0) is 16.5. The van der Waals surface area contributed by atoms with Gasteiger partial charge in [-0.05, 0) is 35.7 Å². The molecule has 0 aliphatic heterocycles. The number of carbonyl (C=O) groups excluding carboxylic acids is 1. The van der Waals surface area contributed by atoms with Gasteiger partial charge in [0.05, 0.1) is 0 Å². The quantitative estimate of drug-likeness (QED) is 0.295. The van der Waals surface area contributed by atoms with Crippen LogP contribution in [0.4, 0.5) is 5.69 Å². The van der Waals surface area contributed by atoms with Crippen LogP contribution in [0.2, 0.25) is 0 Å². The van der Waals surface area contributed by atoms with E-state index in [0.29, 0.717) is 25.5 Å². The van der Waals surface area contributed by atoms with Crippen molar-refractivity contribution < 1.29 is 4.79 Å². The van der Waals surface area contributed by atoms with Crippen molar-refractivity contribution in [2.45, 2.75) is 12.8 Å². The van der Waals surface area contributed by atoms with Crippen molar-refractivity contribution >= 4 is 68.8 Å². The first kappa shape index (κ1) is 20.9. The van der Waals surface area contributed by atoms with Crippen LogP contribution in [0.15, 0.2) is 51.2 Å². The zero-order valence-electron chi connectivity index (χ0n) is 13.0. The van der Waals surface area contributed by atoms with Crippen LogP contribution in [0.1, 0.15) is 11.3 Å². The predicted octanol–water partition coefficient (Wildman–Crippen LogP) is 3.60. The molecule has 130 valence electrons. The molecule has 24 heavy (non-hydrogen) atoms. The van der Waals surface area contributed by atoms with Crippen molar-refractivity contribution in [3.63, 3.8) is 0 Å². The number of nitrogens with zero attached hydrogens (tertiary/aromatic N) is 1. The number of nitrogens with two attached hydrogens (primary N) is 1. The van der Waals surface area contributed by atoms with E-state index in [4.69, 9.17) is 5.73 Å². The van der Waals surface area contributed by atoms with E-state index in [2.05, 4.69) is 37.6 Å². The number of aliphatic imine (C=N–C) groups is 1. The molecule has 0 fully saturated rings. The van der Waals surface area contributed by atoms with Gasteiger partial charge < -0.3 is 16.4 Å². The molecule has 5 nitrogen and oxygen atoms in total. The van der Waals surface area contributed by atoms with Gasteiger partial charge in [0.2, 0.25) is 5.91 Å². The van der Waals surface area contributed by atoms with Crippen LogP contribution in [0.25, 0.3) is 0 Å². The number of guanidine groups is 1. The highest BCUT2D eigenvalue weighted by molar-refractivity contribution is 14.0. The lowest BCUT2D eigenvalue weighted by Crippen LogP contribution is -2.34. The Labute approximate surface area is 171 Å². The summed E-state index contributed by atoms with van der Waals surface area (Å²) in [5.74, 6) is 0.309. The van der Waals surface area contributed by atoms with Crippen molar-refractivity contribution in [2.75, 3.05) is 18.4 Å². The highest BCUT2D eigenvalue weighted by atomic mass is 127. The SMILES string of the molecule is I.NC(=NCCc1cccs1)NCCC(=O)Nc1ccc(Br)cc1. The second kappa shape index (κ2) is 11.4. The third-order valence-electron chi connectivity index (χ3n) is 3.01. The van der Waals surface area contributed by atoms with E-state index in [1.54, 1.807) is 11.3 Å². The third-order valence-corrected chi connectivity index (χ3v) is 4.47. The number of anilines is 1. The van der Waals surface area contributed by atoms with Gasteiger partial charge in [0.15, 0.2) is 5.96 Å². The Morgan fingerprint density at radius 1 is 1.25 bits per heavy atom. The van der Waals surface area contributed by atoms with Gasteiger partial charge in [-0.25, -0.2) is 0 Å². The fourth-order valence-electron chi connectivity index (χ4n) is 1.86. The first-order chi connectivity index (χ1) is 11.1. The summed E-state index contributed by atoms with van der Waals surface area (Å²) < 4.78 is 0.976. The summed E-state index contributed by atoms with van der Waals surface area (Å²) in [6.45, 7) is 1.10. The molecule has 1 heterocycles. The number of halogens is 2. The van der Waals surface area contributed by atoms with Gasteiger partial charge in [-0.15, -0.1) is 35.3 Å². The van der Waals surface area contributed by atoms with Crippen LogP contribution in [0.3, 0.4) is 0 Å². The van der Waals surface area contributed by atoms with E-state index in [9.17, 15) is 4.79 Å². The van der Waals surface area contributed by atoms with Crippen molar-refractivity contribution in [1.82, 2.24) is 5.32 Å². The standard InChI is InChI=1S/C16H19BrN4OS.HI/c17-12-3-5-13(6-4-12)21-15(22)8-10-20-16(18)19-9-7-14-2-1-11-23-14;/h1-6,11H,7-10H2,(H,21,22)(H3,18,19,20);1H. The molecule has 0 unspecified atom stereocenters. The maximum atomic E-state index is 11.8. The minimum atomic E-state index is -0.0637. The number of hydrogen-bond acceptors (Lipinski definition) is 3. The number of benzene rings is 1. The van der Waals surface area contributed by atoms with Crippen LogP contribution in [0.5, 0.6) is 0 Å². The monoisotopic (exact) mass is 522 g/mol. The average Bonchev–Trinajstić information content (AvgIpc) is 3.03. The van der Waals surface area contributed by atoms with Crippen molar-refractivity contribution in [2.24, 2.45) is 10.7 Å². The molecule has 0 aliphatic rings. The highest BCUT2D eigenvalue weighted by Crippen LogP contribution is 2.14. The molecule has 1 aromatic carbocycles. The summed E-state index contributed by atoms with van der Waals surface area (Å²) in [5, 5.41) is 7.82. The van der Waals surface area contributed by atoms with Crippen molar-refractivity contribution in [3.05, 3.63) is 51.1 Å². The molecule has 1 aromatic heterocycles. The number of carbonyl (C=O) groups is 1. The molecule has 0 saturated carbocycles. The Morgan fingerprint density at radius 3 is 2.67 bits per heavy atom. The van der Waals surface area contributed by atoms with Crippen molar-refractivity contribution in [1.29, 1.82) is 0 Å². The molecular weight excluding hydrogens is 503 g/mol. The van der Waals surface area contributed by atoms with Crippen LogP contribution < -0.4 is 16.4 Å². The Balaban J connectivity index is 0.00000288. The Bertz CT molecular complexity index is 647. The molecule has 4 N–H and O–H groups in total. The van der Waals surface area contributed by atoms with Gasteiger partial charge >= 0.3 is 0 Å². The summed E-state index contributed by atoms with van der Waals surface area (Å²) in [7, 11) is 0. The second-order valence-corrected chi connectivity index (χ2v) is 6.78. The molecule has 8 heteroatoms. The average molecular weight is 523 g/mol. The lowest BCUT2D eigenvalue weighted by Gasteiger charge is -2.07. The summed E-state index contributed by atoms with van der Waals surface area (Å²) in [6.07, 6.45) is 1.21. The molecule has 2 rings (SSSR count). The fourth-order valence-corrected chi connectivity index (χ4v) is 2.82. The Morgan fingerprint density at radius 2 is 2.00 bits per heavy atom. The molecule has 0 atom stereocenters. The zero-order valence-corrected chi connectivity index (χ0v) is 17.7. The predicted molar refractivity (Wildman–Crippen MR) is 115 cm³/mol. The fraction of sp³-hybridized carbons (Fsp3) is 0.250. The van der Waals surface area contributed by atoms with Crippen LogP contribution in [-0.4, -0.2) is 25.0 Å². The largest absolute Gasteiger partial charge is 0.370 e. The normalized spacial score (nSPS) is 10.8. The lowest BCUT2D eigenvalue weighted by molar-refractivity contribution is -0.116. The highest BCUT2D eigenvalue weighted by Gasteiger charge is 2.02. The molecule has 1 amide bonds. The van der Waals surface area contributed by atoms with E-state index in [1.165, 1.54) is 4.88 Å². The van der Waals surface area contributed by atoms with Gasteiger partial charge in [0.1, 0.15) is 0 Å². The van der Waals surface area contributed by atoms with E-state index in [0.717, 1.165) is 16.6 Å². The van der Waals surface area contributed by atoms with Crippen LogP contribution in [-0.2, 0) is 11.2 Å². The Hall–Kier alpha value is -1.13. The number of thiophene rings is 1. The number of amides is 1. The van der Waals surface area contributed by atoms with Gasteiger partial charge in [0.25, 0.3) is 0 Å². The second-order valence-electron chi connectivity index (χ2n) is 4.83.